The summed E-state index contributed by atoms with van der Waals surface area (Å²) in [5.41, 5.74) is 2.16. The normalized spacial score (nSPS) is 26.7. The molecule has 0 bridgehead atoms. The van der Waals surface area contributed by atoms with Gasteiger partial charge in [0.05, 0.1) is 17.2 Å². The van der Waals surface area contributed by atoms with Crippen molar-refractivity contribution < 1.29 is 8.42 Å². The summed E-state index contributed by atoms with van der Waals surface area (Å²) in [6.07, 6.45) is 3.44. The highest BCUT2D eigenvalue weighted by Crippen LogP contribution is 2.26. The van der Waals surface area contributed by atoms with E-state index in [1.54, 1.807) is 0 Å². The van der Waals surface area contributed by atoms with Crippen molar-refractivity contribution in [1.82, 2.24) is 15.3 Å². The van der Waals surface area contributed by atoms with Gasteiger partial charge in [-0.1, -0.05) is 0 Å². The molecule has 0 spiro atoms. The van der Waals surface area contributed by atoms with E-state index >= 15 is 0 Å². The molecule has 17 heavy (non-hydrogen) atoms. The van der Waals surface area contributed by atoms with Crippen molar-refractivity contribution in [3.63, 3.8) is 0 Å². The summed E-state index contributed by atoms with van der Waals surface area (Å²) in [7, 11) is -2.89. The zero-order chi connectivity index (χ0) is 11.9. The second-order valence-electron chi connectivity index (χ2n) is 4.76. The molecule has 2 aliphatic rings. The highest BCUT2D eigenvalue weighted by molar-refractivity contribution is 7.91. The number of nitrogens with zero attached hydrogens (tertiary/aromatic N) is 2. The topological polar surface area (TPSA) is 72.0 Å². The fraction of sp³-hybridized carbons (Fsp3) is 0.636. The van der Waals surface area contributed by atoms with Gasteiger partial charge in [0.1, 0.15) is 5.82 Å². The third-order valence-electron chi connectivity index (χ3n) is 3.41. The van der Waals surface area contributed by atoms with E-state index in [0.29, 0.717) is 11.6 Å². The summed E-state index contributed by atoms with van der Waals surface area (Å²) in [5, 5.41) is 3.21. The van der Waals surface area contributed by atoms with E-state index in [9.17, 15) is 8.42 Å². The van der Waals surface area contributed by atoms with Gasteiger partial charge in [-0.05, 0) is 12.8 Å². The first-order valence-electron chi connectivity index (χ1n) is 5.90. The largest absolute Gasteiger partial charge is 0.307 e. The average molecular weight is 253 g/mol. The summed E-state index contributed by atoms with van der Waals surface area (Å²) >= 11 is 0. The van der Waals surface area contributed by atoms with E-state index in [-0.39, 0.29) is 11.7 Å². The minimum Gasteiger partial charge on any atom is -0.307 e. The van der Waals surface area contributed by atoms with E-state index in [0.717, 1.165) is 37.2 Å². The quantitative estimate of drug-likeness (QED) is 0.783. The van der Waals surface area contributed by atoms with Crippen LogP contribution in [0, 0.1) is 0 Å². The van der Waals surface area contributed by atoms with Crippen LogP contribution in [0.1, 0.15) is 35.8 Å². The Bertz CT molecular complexity index is 542. The van der Waals surface area contributed by atoms with Gasteiger partial charge >= 0.3 is 0 Å². The van der Waals surface area contributed by atoms with Crippen LogP contribution in [0.5, 0.6) is 0 Å². The molecule has 0 amide bonds. The maximum atomic E-state index is 11.6. The van der Waals surface area contributed by atoms with E-state index in [1.165, 1.54) is 0 Å². The van der Waals surface area contributed by atoms with Crippen LogP contribution in [0.25, 0.3) is 0 Å². The lowest BCUT2D eigenvalue weighted by molar-refractivity contribution is 0.542. The molecule has 92 valence electrons. The fourth-order valence-corrected chi connectivity index (χ4v) is 4.20. The molecular weight excluding hydrogens is 238 g/mol. The van der Waals surface area contributed by atoms with Gasteiger partial charge in [0.25, 0.3) is 0 Å². The number of aromatic nitrogens is 2. The van der Waals surface area contributed by atoms with Gasteiger partial charge in [0, 0.05) is 30.8 Å². The molecule has 1 saturated heterocycles. The zero-order valence-electron chi connectivity index (χ0n) is 9.52. The molecule has 1 aromatic rings. The number of rotatable bonds is 1. The summed E-state index contributed by atoms with van der Waals surface area (Å²) in [4.78, 5) is 8.83. The molecule has 3 rings (SSSR count). The van der Waals surface area contributed by atoms with Crippen molar-refractivity contribution in [3.05, 3.63) is 23.3 Å². The van der Waals surface area contributed by atoms with Crippen LogP contribution in [-0.4, -0.2) is 29.9 Å². The van der Waals surface area contributed by atoms with Crippen molar-refractivity contribution >= 4 is 9.84 Å². The van der Waals surface area contributed by atoms with Gasteiger partial charge in [-0.15, -0.1) is 0 Å². The Kier molecular flexibility index (Phi) is 2.63. The van der Waals surface area contributed by atoms with Crippen LogP contribution in [-0.2, 0) is 22.9 Å². The molecule has 1 fully saturated rings. The van der Waals surface area contributed by atoms with Crippen molar-refractivity contribution in [1.29, 1.82) is 0 Å². The van der Waals surface area contributed by atoms with E-state index in [2.05, 4.69) is 15.3 Å². The predicted octanol–water partition coefficient (Wildman–Crippen LogP) is 0.372. The Morgan fingerprint density at radius 2 is 2.24 bits per heavy atom. The summed E-state index contributed by atoms with van der Waals surface area (Å²) in [5.74, 6) is 1.21. The highest BCUT2D eigenvalue weighted by atomic mass is 32.2. The minimum atomic E-state index is -2.89. The SMILES string of the molecule is O=S1(=O)CCCC(c2ncc3c(n2)CNC3)C1. The second-order valence-corrected chi connectivity index (χ2v) is 6.99. The molecule has 1 N–H and O–H groups in total. The average Bonchev–Trinajstić information content (AvgIpc) is 2.74. The van der Waals surface area contributed by atoms with E-state index in [1.807, 2.05) is 6.20 Å². The lowest BCUT2D eigenvalue weighted by Crippen LogP contribution is -2.25. The predicted molar refractivity (Wildman–Crippen MR) is 63.2 cm³/mol. The van der Waals surface area contributed by atoms with Gasteiger partial charge in [-0.25, -0.2) is 18.4 Å². The highest BCUT2D eigenvalue weighted by Gasteiger charge is 2.28. The van der Waals surface area contributed by atoms with E-state index < -0.39 is 9.84 Å². The first-order chi connectivity index (χ1) is 8.14. The Labute approximate surface area is 101 Å². The van der Waals surface area contributed by atoms with Crippen LogP contribution in [0.3, 0.4) is 0 Å². The molecular formula is C11H15N3O2S. The summed E-state index contributed by atoms with van der Waals surface area (Å²) in [6, 6.07) is 0. The van der Waals surface area contributed by atoms with Crippen molar-refractivity contribution in [2.75, 3.05) is 11.5 Å². The molecule has 0 aliphatic carbocycles. The maximum absolute atomic E-state index is 11.6. The van der Waals surface area contributed by atoms with Crippen LogP contribution in [0.15, 0.2) is 6.20 Å². The second kappa shape index (κ2) is 4.03. The van der Waals surface area contributed by atoms with Gasteiger partial charge in [-0.2, -0.15) is 0 Å². The van der Waals surface area contributed by atoms with Crippen LogP contribution in [0.2, 0.25) is 0 Å². The lowest BCUT2D eigenvalue weighted by atomic mass is 10.0. The third kappa shape index (κ3) is 2.19. The standard InChI is InChI=1S/C11H15N3O2S/c15-17(16)3-1-2-8(7-17)11-13-5-9-4-12-6-10(9)14-11/h5,8,12H,1-4,6-7H2. The molecule has 0 saturated carbocycles. The van der Waals surface area contributed by atoms with Crippen molar-refractivity contribution in [2.24, 2.45) is 0 Å². The van der Waals surface area contributed by atoms with Gasteiger partial charge < -0.3 is 5.32 Å². The van der Waals surface area contributed by atoms with Crippen LogP contribution >= 0.6 is 0 Å². The fourth-order valence-electron chi connectivity index (χ4n) is 2.50. The first-order valence-corrected chi connectivity index (χ1v) is 7.72. The smallest absolute Gasteiger partial charge is 0.151 e. The molecule has 0 radical (unpaired) electrons. The Morgan fingerprint density at radius 3 is 3.06 bits per heavy atom. The van der Waals surface area contributed by atoms with E-state index in [4.69, 9.17) is 0 Å². The molecule has 1 atom stereocenters. The third-order valence-corrected chi connectivity index (χ3v) is 5.23. The summed E-state index contributed by atoms with van der Waals surface area (Å²) < 4.78 is 23.2. The molecule has 3 heterocycles. The number of fused-ring (bicyclic) bond motifs is 1. The molecule has 1 unspecified atom stereocenters. The van der Waals surface area contributed by atoms with Gasteiger partial charge in [-0.3, -0.25) is 0 Å². The van der Waals surface area contributed by atoms with Crippen LogP contribution < -0.4 is 5.32 Å². The monoisotopic (exact) mass is 253 g/mol. The van der Waals surface area contributed by atoms with Crippen molar-refractivity contribution in [3.8, 4) is 0 Å². The molecule has 2 aliphatic heterocycles. The van der Waals surface area contributed by atoms with Crippen molar-refractivity contribution in [2.45, 2.75) is 31.8 Å². The van der Waals surface area contributed by atoms with Gasteiger partial charge in [0.15, 0.2) is 9.84 Å². The molecule has 5 nitrogen and oxygen atoms in total. The van der Waals surface area contributed by atoms with Crippen LogP contribution in [0.4, 0.5) is 0 Å². The number of hydrogen-bond acceptors (Lipinski definition) is 5. The number of sulfone groups is 1. The minimum absolute atomic E-state index is 0.0142. The Morgan fingerprint density at radius 1 is 1.35 bits per heavy atom. The molecule has 6 heteroatoms. The molecule has 0 aromatic carbocycles. The Hall–Kier alpha value is -1.01. The number of nitrogens with one attached hydrogen (secondary N) is 1. The maximum Gasteiger partial charge on any atom is 0.151 e. The zero-order valence-corrected chi connectivity index (χ0v) is 10.3. The first kappa shape index (κ1) is 11.1. The summed E-state index contributed by atoms with van der Waals surface area (Å²) in [6.45, 7) is 1.59. The molecule has 1 aromatic heterocycles. The lowest BCUT2D eigenvalue weighted by Gasteiger charge is -2.20. The number of hydrogen-bond donors (Lipinski definition) is 1. The van der Waals surface area contributed by atoms with Gasteiger partial charge in [0.2, 0.25) is 0 Å². The Balaban J connectivity index is 1.89.